The number of hydrogen-bond acceptors (Lipinski definition) is 16. The maximum atomic E-state index is 12.7. The smallest absolute Gasteiger partial charge is 0.453 e. The lowest BCUT2D eigenvalue weighted by atomic mass is 10.1. The second-order valence-electron chi connectivity index (χ2n) is 9.10. The van der Waals surface area contributed by atoms with Crippen LogP contribution in [0.4, 0.5) is 9.59 Å². The van der Waals surface area contributed by atoms with E-state index in [4.69, 9.17) is 28.4 Å². The minimum Gasteiger partial charge on any atom is -0.453 e. The Balaban J connectivity index is 1.21. The summed E-state index contributed by atoms with van der Waals surface area (Å²) in [6.45, 7) is 5.06. The number of benzene rings is 2. The predicted molar refractivity (Wildman–Crippen MR) is 147 cm³/mol. The Kier molecular flexibility index (Phi) is 11.4. The maximum absolute atomic E-state index is 12.7. The molecule has 0 N–H and O–H groups in total. The monoisotopic (exact) mass is 642 g/mol. The van der Waals surface area contributed by atoms with Gasteiger partial charge in [-0.1, -0.05) is 13.2 Å². The topological polar surface area (TPSA) is 195 Å². The molecule has 2 heterocycles. The van der Waals surface area contributed by atoms with Gasteiger partial charge in [-0.05, 0) is 48.5 Å². The molecule has 4 atom stereocenters. The molecule has 2 saturated heterocycles. The van der Waals surface area contributed by atoms with Crippen molar-refractivity contribution >= 4 is 36.2 Å². The second-order valence-corrected chi connectivity index (χ2v) is 9.10. The lowest BCUT2D eigenvalue weighted by Gasteiger charge is -2.17. The third kappa shape index (κ3) is 9.13. The molecule has 4 unspecified atom stereocenters. The maximum Gasteiger partial charge on any atom is 0.516 e. The van der Waals surface area contributed by atoms with Gasteiger partial charge in [0.1, 0.15) is 23.7 Å². The van der Waals surface area contributed by atoms with Gasteiger partial charge >= 0.3 is 36.2 Å². The van der Waals surface area contributed by atoms with Gasteiger partial charge in [0, 0.05) is 12.2 Å². The summed E-state index contributed by atoms with van der Waals surface area (Å²) in [5.41, 5.74) is 0.281. The first-order valence-electron chi connectivity index (χ1n) is 13.3. The van der Waals surface area contributed by atoms with Gasteiger partial charge in [0.25, 0.3) is 0 Å². The predicted octanol–water partition coefficient (Wildman–Crippen LogP) is 2.64. The van der Waals surface area contributed by atoms with Crippen molar-refractivity contribution in [3.63, 3.8) is 0 Å². The van der Waals surface area contributed by atoms with Crippen molar-refractivity contribution in [2.75, 3.05) is 26.8 Å². The number of hydrogen-bond donors (Lipinski definition) is 0. The third-order valence-electron chi connectivity index (χ3n) is 6.15. The highest BCUT2D eigenvalue weighted by atomic mass is 16.8. The fraction of sp³-hybridized carbons (Fsp3) is 0.267. The Morgan fingerprint density at radius 1 is 0.609 bits per heavy atom. The van der Waals surface area contributed by atoms with Gasteiger partial charge in [0.05, 0.1) is 24.3 Å². The minimum atomic E-state index is -1.13. The lowest BCUT2D eigenvalue weighted by Crippen LogP contribution is -2.36. The van der Waals surface area contributed by atoms with E-state index in [1.54, 1.807) is 0 Å². The average Bonchev–Trinajstić information content (AvgIpc) is 3.64. The number of carbonyl (C=O) groups is 6. The molecule has 2 aliphatic rings. The van der Waals surface area contributed by atoms with Crippen LogP contribution in [0.5, 0.6) is 11.5 Å². The van der Waals surface area contributed by atoms with Gasteiger partial charge in [-0.3, -0.25) is 0 Å². The lowest BCUT2D eigenvalue weighted by molar-refractivity contribution is -0.147. The van der Waals surface area contributed by atoms with Crippen LogP contribution in [0.15, 0.2) is 73.8 Å². The molecule has 2 aliphatic heterocycles. The first-order chi connectivity index (χ1) is 22.2. The standard InChI is InChI=1S/C30H26O16/c1-3-23(31)39-15-41-29(35)43-19-9-5-17(6-10-19)27(33)45-21-13-37-26-22(14-38-25(21)26)46-28(34)18-7-11-20(12-8-18)44-30(36)42-16-40-24(32)4-2/h3-12,21-22,25-26H,1-2,13-16H2. The molecule has 4 rings (SSSR count). The Morgan fingerprint density at radius 3 is 1.33 bits per heavy atom. The SMILES string of the molecule is C=CC(=O)OCOC(=O)Oc1ccc(C(=O)OC2COC3C(OC(=O)c4ccc(OC(=O)OCOC(=O)C=C)cc4)COC23)cc1. The van der Waals surface area contributed by atoms with Crippen molar-refractivity contribution in [3.8, 4) is 11.5 Å². The normalized spacial score (nSPS) is 19.4. The van der Waals surface area contributed by atoms with E-state index in [9.17, 15) is 28.8 Å². The van der Waals surface area contributed by atoms with Gasteiger partial charge < -0.3 is 47.4 Å². The molecule has 2 aromatic carbocycles. The first-order valence-corrected chi connectivity index (χ1v) is 13.3. The molecule has 2 aromatic rings. The summed E-state index contributed by atoms with van der Waals surface area (Å²) in [5.74, 6) is -2.85. The zero-order valence-electron chi connectivity index (χ0n) is 23.9. The van der Waals surface area contributed by atoms with Crippen LogP contribution in [0.25, 0.3) is 0 Å². The van der Waals surface area contributed by atoms with E-state index in [2.05, 4.69) is 32.1 Å². The fourth-order valence-corrected chi connectivity index (χ4v) is 4.00. The van der Waals surface area contributed by atoms with Crippen LogP contribution in [-0.4, -0.2) is 87.4 Å². The molecule has 0 amide bonds. The van der Waals surface area contributed by atoms with Crippen LogP contribution in [0.3, 0.4) is 0 Å². The summed E-state index contributed by atoms with van der Waals surface area (Å²) in [6.07, 6.45) is -3.43. The first kappa shape index (κ1) is 33.2. The summed E-state index contributed by atoms with van der Waals surface area (Å²) >= 11 is 0. The minimum absolute atomic E-state index is 0.00644. The van der Waals surface area contributed by atoms with Crippen molar-refractivity contribution in [2.45, 2.75) is 24.4 Å². The highest BCUT2D eigenvalue weighted by molar-refractivity contribution is 5.90. The van der Waals surface area contributed by atoms with Gasteiger partial charge in [0.15, 0.2) is 12.2 Å². The van der Waals surface area contributed by atoms with Crippen molar-refractivity contribution in [1.29, 1.82) is 0 Å². The Morgan fingerprint density at radius 2 is 0.978 bits per heavy atom. The summed E-state index contributed by atoms with van der Waals surface area (Å²) in [5, 5.41) is 0. The molecule has 0 saturated carbocycles. The summed E-state index contributed by atoms with van der Waals surface area (Å²) in [4.78, 5) is 70.7. The van der Waals surface area contributed by atoms with Crippen LogP contribution in [0, 0.1) is 0 Å². The van der Waals surface area contributed by atoms with Crippen LogP contribution >= 0.6 is 0 Å². The average molecular weight is 643 g/mol. The molecule has 16 heteroatoms. The van der Waals surface area contributed by atoms with Crippen LogP contribution in [0.2, 0.25) is 0 Å². The van der Waals surface area contributed by atoms with Crippen molar-refractivity contribution < 1.29 is 76.1 Å². The molecule has 0 aromatic heterocycles. The van der Waals surface area contributed by atoms with Crippen LogP contribution in [0.1, 0.15) is 20.7 Å². The zero-order valence-corrected chi connectivity index (χ0v) is 23.9. The fourth-order valence-electron chi connectivity index (χ4n) is 4.00. The largest absolute Gasteiger partial charge is 0.516 e. The second kappa shape index (κ2) is 15.8. The highest BCUT2D eigenvalue weighted by Gasteiger charge is 2.51. The molecule has 0 spiro atoms. The molecule has 0 radical (unpaired) electrons. The molecular weight excluding hydrogens is 616 g/mol. The quantitative estimate of drug-likeness (QED) is 0.108. The van der Waals surface area contributed by atoms with E-state index >= 15 is 0 Å². The summed E-state index contributed by atoms with van der Waals surface area (Å²) in [7, 11) is 0. The van der Waals surface area contributed by atoms with E-state index in [1.165, 1.54) is 48.5 Å². The van der Waals surface area contributed by atoms with Gasteiger partial charge in [-0.2, -0.15) is 0 Å². The zero-order chi connectivity index (χ0) is 33.1. The van der Waals surface area contributed by atoms with Gasteiger partial charge in [-0.15, -0.1) is 0 Å². The number of rotatable bonds is 12. The molecule has 16 nitrogen and oxygen atoms in total. The summed E-state index contributed by atoms with van der Waals surface area (Å²) in [6, 6.07) is 10.8. The Hall–Kier alpha value is -5.74. The molecular formula is C30H26O16. The van der Waals surface area contributed by atoms with Gasteiger partial charge in [0.2, 0.25) is 13.6 Å². The molecule has 242 valence electrons. The van der Waals surface area contributed by atoms with Crippen molar-refractivity contribution in [2.24, 2.45) is 0 Å². The van der Waals surface area contributed by atoms with Crippen LogP contribution < -0.4 is 9.47 Å². The Bertz CT molecular complexity index is 1350. The summed E-state index contributed by atoms with van der Waals surface area (Å²) < 4.78 is 50.5. The van der Waals surface area contributed by atoms with E-state index in [0.29, 0.717) is 0 Å². The van der Waals surface area contributed by atoms with Gasteiger partial charge in [-0.25, -0.2) is 28.8 Å². The number of fused-ring (bicyclic) bond motifs is 1. The number of ether oxygens (including phenoxy) is 10. The highest BCUT2D eigenvalue weighted by Crippen LogP contribution is 2.31. The van der Waals surface area contributed by atoms with E-state index < -0.39 is 74.2 Å². The van der Waals surface area contributed by atoms with E-state index in [-0.39, 0.29) is 35.8 Å². The molecule has 46 heavy (non-hydrogen) atoms. The third-order valence-corrected chi connectivity index (χ3v) is 6.15. The number of esters is 4. The Labute approximate surface area is 260 Å². The molecule has 0 bridgehead atoms. The van der Waals surface area contributed by atoms with Crippen LogP contribution in [-0.2, 0) is 47.5 Å². The molecule has 0 aliphatic carbocycles. The van der Waals surface area contributed by atoms with E-state index in [0.717, 1.165) is 12.2 Å². The molecule has 2 fully saturated rings. The van der Waals surface area contributed by atoms with Crippen molar-refractivity contribution in [1.82, 2.24) is 0 Å². The van der Waals surface area contributed by atoms with Crippen molar-refractivity contribution in [3.05, 3.63) is 85.0 Å². The number of carbonyl (C=O) groups excluding carboxylic acids is 6. The van der Waals surface area contributed by atoms with E-state index in [1.807, 2.05) is 0 Å².